The summed E-state index contributed by atoms with van der Waals surface area (Å²) < 4.78 is 33.4. The van der Waals surface area contributed by atoms with E-state index in [0.29, 0.717) is 41.8 Å². The molecule has 1 fully saturated rings. The third-order valence-electron chi connectivity index (χ3n) is 6.12. The van der Waals surface area contributed by atoms with Crippen LogP contribution in [0.25, 0.3) is 0 Å². The maximum absolute atomic E-state index is 13.5. The Labute approximate surface area is 221 Å². The number of hydrogen-bond acceptors (Lipinski definition) is 5. The first-order chi connectivity index (χ1) is 17.3. The average Bonchev–Trinajstić information content (AvgIpc) is 2.90. The fourth-order valence-corrected chi connectivity index (χ4v) is 5.92. The first-order valence-corrected chi connectivity index (χ1v) is 13.6. The lowest BCUT2D eigenvalue weighted by Gasteiger charge is -2.37. The van der Waals surface area contributed by atoms with Crippen LogP contribution in [0.3, 0.4) is 0 Å². The maximum Gasteiger partial charge on any atom is 0.243 e. The van der Waals surface area contributed by atoms with Gasteiger partial charge in [0.25, 0.3) is 0 Å². The van der Waals surface area contributed by atoms with Gasteiger partial charge >= 0.3 is 0 Å². The number of halogens is 2. The predicted molar refractivity (Wildman–Crippen MR) is 142 cm³/mol. The number of amides is 1. The highest BCUT2D eigenvalue weighted by atomic mass is 35.5. The molecular formula is C26H27Cl2N3O4S. The van der Waals surface area contributed by atoms with Crippen LogP contribution in [0.15, 0.2) is 77.7 Å². The number of sulfonamides is 1. The Hall–Kier alpha value is -2.78. The number of rotatable bonds is 8. The Bertz CT molecular complexity index is 1300. The largest absolute Gasteiger partial charge is 0.497 e. The Kier molecular flexibility index (Phi) is 8.41. The summed E-state index contributed by atoms with van der Waals surface area (Å²) in [6.45, 7) is 1.93. The van der Waals surface area contributed by atoms with Crippen molar-refractivity contribution in [3.8, 4) is 5.75 Å². The number of carbonyl (C=O) groups is 1. The Morgan fingerprint density at radius 3 is 2.22 bits per heavy atom. The highest BCUT2D eigenvalue weighted by molar-refractivity contribution is 7.89. The van der Waals surface area contributed by atoms with Gasteiger partial charge in [0.2, 0.25) is 15.9 Å². The molecule has 0 unspecified atom stereocenters. The molecule has 190 valence electrons. The van der Waals surface area contributed by atoms with Gasteiger partial charge in [-0.15, -0.1) is 0 Å². The Morgan fingerprint density at radius 2 is 1.61 bits per heavy atom. The van der Waals surface area contributed by atoms with Crippen molar-refractivity contribution in [1.29, 1.82) is 0 Å². The van der Waals surface area contributed by atoms with Gasteiger partial charge < -0.3 is 14.5 Å². The van der Waals surface area contributed by atoms with Crippen LogP contribution in [0, 0.1) is 0 Å². The monoisotopic (exact) mass is 547 g/mol. The molecule has 3 aromatic rings. The zero-order valence-electron chi connectivity index (χ0n) is 19.8. The second kappa shape index (κ2) is 11.5. The molecule has 0 atom stereocenters. The van der Waals surface area contributed by atoms with E-state index in [1.165, 1.54) is 16.4 Å². The molecule has 1 aliphatic heterocycles. The highest BCUT2D eigenvalue weighted by Gasteiger charge is 2.30. The average molecular weight is 548 g/mol. The Balaban J connectivity index is 1.49. The van der Waals surface area contributed by atoms with Crippen molar-refractivity contribution in [2.24, 2.45) is 0 Å². The van der Waals surface area contributed by atoms with E-state index in [2.05, 4.69) is 4.90 Å². The third-order valence-corrected chi connectivity index (χ3v) is 8.52. The van der Waals surface area contributed by atoms with E-state index in [9.17, 15) is 13.2 Å². The lowest BCUT2D eigenvalue weighted by molar-refractivity contribution is -0.131. The summed E-state index contributed by atoms with van der Waals surface area (Å²) in [4.78, 5) is 17.3. The zero-order valence-corrected chi connectivity index (χ0v) is 22.1. The summed E-state index contributed by atoms with van der Waals surface area (Å²) in [5.74, 6) is 0.530. The van der Waals surface area contributed by atoms with E-state index in [1.54, 1.807) is 48.4 Å². The van der Waals surface area contributed by atoms with Crippen LogP contribution in [0.1, 0.15) is 5.56 Å². The van der Waals surface area contributed by atoms with E-state index in [1.807, 2.05) is 24.3 Å². The predicted octanol–water partition coefficient (Wildman–Crippen LogP) is 4.54. The van der Waals surface area contributed by atoms with Gasteiger partial charge in [0, 0.05) is 48.5 Å². The second-order valence-corrected chi connectivity index (χ2v) is 11.2. The standard InChI is InChI=1S/C26H27Cl2N3O4S/c1-35-23-11-9-22(10-12-23)29-13-15-30(16-14-29)26(32)19-31(18-20-7-8-21(27)17-25(20)28)36(33,34)24-5-3-2-4-6-24/h2-12,17H,13-16,18-19H2,1H3. The van der Waals surface area contributed by atoms with Gasteiger partial charge in [-0.05, 0) is 54.1 Å². The van der Waals surface area contributed by atoms with Gasteiger partial charge in [0.15, 0.2) is 0 Å². The van der Waals surface area contributed by atoms with Crippen molar-refractivity contribution >= 4 is 44.8 Å². The molecule has 1 amide bonds. The van der Waals surface area contributed by atoms with Crippen molar-refractivity contribution in [3.05, 3.63) is 88.4 Å². The number of methoxy groups -OCH3 is 1. The van der Waals surface area contributed by atoms with Crippen LogP contribution in [0.5, 0.6) is 5.75 Å². The molecule has 1 saturated heterocycles. The van der Waals surface area contributed by atoms with Gasteiger partial charge in [-0.3, -0.25) is 4.79 Å². The molecular weight excluding hydrogens is 521 g/mol. The van der Waals surface area contributed by atoms with E-state index in [0.717, 1.165) is 11.4 Å². The third kappa shape index (κ3) is 6.13. The van der Waals surface area contributed by atoms with E-state index < -0.39 is 10.0 Å². The highest BCUT2D eigenvalue weighted by Crippen LogP contribution is 2.26. The van der Waals surface area contributed by atoms with Crippen LogP contribution in [-0.2, 0) is 21.4 Å². The number of ether oxygens (including phenoxy) is 1. The molecule has 10 heteroatoms. The quantitative estimate of drug-likeness (QED) is 0.414. The zero-order chi connectivity index (χ0) is 25.7. The van der Waals surface area contributed by atoms with E-state index >= 15 is 0 Å². The van der Waals surface area contributed by atoms with Gasteiger partial charge in [0.1, 0.15) is 5.75 Å². The van der Waals surface area contributed by atoms with Gasteiger partial charge in [0.05, 0.1) is 18.6 Å². The van der Waals surface area contributed by atoms with Gasteiger partial charge in [-0.2, -0.15) is 4.31 Å². The molecule has 36 heavy (non-hydrogen) atoms. The molecule has 4 rings (SSSR count). The van der Waals surface area contributed by atoms with Crippen LogP contribution in [0.4, 0.5) is 5.69 Å². The van der Waals surface area contributed by atoms with Crippen LogP contribution >= 0.6 is 23.2 Å². The van der Waals surface area contributed by atoms with Crippen molar-refractivity contribution in [2.75, 3.05) is 44.7 Å². The van der Waals surface area contributed by atoms with Crippen molar-refractivity contribution in [3.63, 3.8) is 0 Å². The first kappa shape index (κ1) is 26.3. The minimum Gasteiger partial charge on any atom is -0.497 e. The van der Waals surface area contributed by atoms with Crippen molar-refractivity contribution in [2.45, 2.75) is 11.4 Å². The van der Waals surface area contributed by atoms with E-state index in [4.69, 9.17) is 27.9 Å². The van der Waals surface area contributed by atoms with Crippen molar-refractivity contribution in [1.82, 2.24) is 9.21 Å². The van der Waals surface area contributed by atoms with E-state index in [-0.39, 0.29) is 23.9 Å². The van der Waals surface area contributed by atoms with Crippen LogP contribution in [-0.4, -0.2) is 63.4 Å². The molecule has 0 spiro atoms. The number of nitrogens with zero attached hydrogens (tertiary/aromatic N) is 3. The van der Waals surface area contributed by atoms with Crippen molar-refractivity contribution < 1.29 is 17.9 Å². The molecule has 7 nitrogen and oxygen atoms in total. The normalized spacial score (nSPS) is 14.2. The van der Waals surface area contributed by atoms with Gasteiger partial charge in [-0.25, -0.2) is 8.42 Å². The molecule has 0 aromatic heterocycles. The lowest BCUT2D eigenvalue weighted by Crippen LogP contribution is -2.51. The summed E-state index contributed by atoms with van der Waals surface area (Å²) in [5.41, 5.74) is 1.62. The molecule has 1 aliphatic rings. The summed E-state index contributed by atoms with van der Waals surface area (Å²) in [6.07, 6.45) is 0. The molecule has 0 bridgehead atoms. The fraction of sp³-hybridized carbons (Fsp3) is 0.269. The van der Waals surface area contributed by atoms with Crippen LogP contribution in [0.2, 0.25) is 10.0 Å². The Morgan fingerprint density at radius 1 is 0.944 bits per heavy atom. The summed E-state index contributed by atoms with van der Waals surface area (Å²) in [5, 5.41) is 0.795. The summed E-state index contributed by atoms with van der Waals surface area (Å²) >= 11 is 12.3. The first-order valence-electron chi connectivity index (χ1n) is 11.4. The van der Waals surface area contributed by atoms with Gasteiger partial charge in [-0.1, -0.05) is 47.5 Å². The number of carbonyl (C=O) groups excluding carboxylic acids is 1. The smallest absolute Gasteiger partial charge is 0.243 e. The SMILES string of the molecule is COc1ccc(N2CCN(C(=O)CN(Cc3ccc(Cl)cc3Cl)S(=O)(=O)c3ccccc3)CC2)cc1. The minimum absolute atomic E-state index is 0.0508. The molecule has 0 saturated carbocycles. The molecule has 0 radical (unpaired) electrons. The number of hydrogen-bond donors (Lipinski definition) is 0. The molecule has 3 aromatic carbocycles. The minimum atomic E-state index is -3.95. The van der Waals surface area contributed by atoms with Crippen LogP contribution < -0.4 is 9.64 Å². The number of piperazine rings is 1. The maximum atomic E-state index is 13.5. The molecule has 1 heterocycles. The molecule has 0 N–H and O–H groups in total. The summed E-state index contributed by atoms with van der Waals surface area (Å²) in [6, 6.07) is 20.8. The number of anilines is 1. The molecule has 0 aliphatic carbocycles. The number of benzene rings is 3. The topological polar surface area (TPSA) is 70.2 Å². The lowest BCUT2D eigenvalue weighted by atomic mass is 10.2. The second-order valence-electron chi connectivity index (χ2n) is 8.39. The summed E-state index contributed by atoms with van der Waals surface area (Å²) in [7, 11) is -2.32. The fourth-order valence-electron chi connectivity index (χ4n) is 4.07.